The number of amides is 1. The lowest BCUT2D eigenvalue weighted by Crippen LogP contribution is -2.22. The van der Waals surface area contributed by atoms with Crippen LogP contribution in [0.3, 0.4) is 0 Å². The quantitative estimate of drug-likeness (QED) is 0.906. The molecule has 1 N–H and O–H groups in total. The first kappa shape index (κ1) is 15.0. The number of thiophene rings is 1. The van der Waals surface area contributed by atoms with E-state index < -0.39 is 5.82 Å². The molecule has 0 spiro atoms. The van der Waals surface area contributed by atoms with E-state index in [0.717, 1.165) is 8.66 Å². The third-order valence-electron chi connectivity index (χ3n) is 2.74. The summed E-state index contributed by atoms with van der Waals surface area (Å²) in [5.74, 6) is -0.680. The minimum absolute atomic E-state index is 0.279. The van der Waals surface area contributed by atoms with Crippen LogP contribution in [0.5, 0.6) is 0 Å². The van der Waals surface area contributed by atoms with Crippen LogP contribution in [0.15, 0.2) is 34.1 Å². The Morgan fingerprint density at radius 3 is 2.65 bits per heavy atom. The lowest BCUT2D eigenvalue weighted by Gasteiger charge is -2.14. The molecular formula is C14H14BrFN2OS. The normalized spacial score (nSPS) is 10.4. The van der Waals surface area contributed by atoms with E-state index in [1.807, 2.05) is 12.1 Å². The van der Waals surface area contributed by atoms with Crippen LogP contribution in [-0.4, -0.2) is 20.0 Å². The van der Waals surface area contributed by atoms with Gasteiger partial charge >= 0.3 is 0 Å². The Kier molecular flexibility index (Phi) is 4.77. The second-order valence-electron chi connectivity index (χ2n) is 4.45. The van der Waals surface area contributed by atoms with Gasteiger partial charge in [-0.1, -0.05) is 0 Å². The molecule has 0 bridgehead atoms. The summed E-state index contributed by atoms with van der Waals surface area (Å²) in [6.45, 7) is 0.437. The molecule has 0 aliphatic carbocycles. The molecule has 0 fully saturated rings. The van der Waals surface area contributed by atoms with E-state index in [-0.39, 0.29) is 5.91 Å². The maximum atomic E-state index is 13.8. The van der Waals surface area contributed by atoms with Gasteiger partial charge < -0.3 is 10.2 Å². The Hall–Kier alpha value is -1.40. The van der Waals surface area contributed by atoms with Crippen molar-refractivity contribution in [3.63, 3.8) is 0 Å². The number of anilines is 1. The fraction of sp³-hybridized carbons (Fsp3) is 0.214. The molecule has 0 aliphatic heterocycles. The molecule has 1 amide bonds. The molecule has 6 heteroatoms. The van der Waals surface area contributed by atoms with Crippen LogP contribution in [0.2, 0.25) is 0 Å². The van der Waals surface area contributed by atoms with Crippen LogP contribution >= 0.6 is 27.3 Å². The summed E-state index contributed by atoms with van der Waals surface area (Å²) in [5, 5.41) is 2.77. The average Bonchev–Trinajstić information content (AvgIpc) is 2.81. The number of nitrogens with one attached hydrogen (secondary N) is 1. The lowest BCUT2D eigenvalue weighted by molar-refractivity contribution is 0.0951. The van der Waals surface area contributed by atoms with Crippen LogP contribution < -0.4 is 10.2 Å². The van der Waals surface area contributed by atoms with Gasteiger partial charge in [-0.3, -0.25) is 4.79 Å². The zero-order valence-corrected chi connectivity index (χ0v) is 13.5. The summed E-state index contributed by atoms with van der Waals surface area (Å²) in [6.07, 6.45) is 0. The maximum Gasteiger partial charge on any atom is 0.251 e. The molecule has 2 rings (SSSR count). The maximum absolute atomic E-state index is 13.8. The summed E-state index contributed by atoms with van der Waals surface area (Å²) in [6, 6.07) is 8.35. The summed E-state index contributed by atoms with van der Waals surface area (Å²) in [5.41, 5.74) is 0.785. The molecule has 0 atom stereocenters. The molecule has 20 heavy (non-hydrogen) atoms. The number of nitrogens with zero attached hydrogens (tertiary/aromatic N) is 1. The number of halogens is 2. The molecule has 106 valence electrons. The number of rotatable bonds is 4. The summed E-state index contributed by atoms with van der Waals surface area (Å²) >= 11 is 4.92. The van der Waals surface area contributed by atoms with Gasteiger partial charge in [0.1, 0.15) is 5.82 Å². The number of benzene rings is 1. The molecule has 0 aliphatic rings. The van der Waals surface area contributed by atoms with Gasteiger partial charge in [-0.15, -0.1) is 11.3 Å². The Balaban J connectivity index is 2.04. The highest BCUT2D eigenvalue weighted by Gasteiger charge is 2.11. The van der Waals surface area contributed by atoms with E-state index in [9.17, 15) is 9.18 Å². The Morgan fingerprint density at radius 1 is 1.35 bits per heavy atom. The number of hydrogen-bond donors (Lipinski definition) is 1. The summed E-state index contributed by atoms with van der Waals surface area (Å²) in [4.78, 5) is 14.7. The zero-order chi connectivity index (χ0) is 14.7. The monoisotopic (exact) mass is 356 g/mol. The van der Waals surface area contributed by atoms with E-state index in [4.69, 9.17) is 0 Å². The average molecular weight is 357 g/mol. The molecule has 1 heterocycles. The third-order valence-corrected chi connectivity index (χ3v) is 4.37. The predicted octanol–water partition coefficient (Wildman–Crippen LogP) is 3.65. The fourth-order valence-corrected chi connectivity index (χ4v) is 3.15. The van der Waals surface area contributed by atoms with E-state index in [2.05, 4.69) is 21.2 Å². The highest BCUT2D eigenvalue weighted by molar-refractivity contribution is 9.11. The molecule has 3 nitrogen and oxygen atoms in total. The van der Waals surface area contributed by atoms with Crippen molar-refractivity contribution >= 4 is 38.9 Å². The molecule has 2 aromatic rings. The van der Waals surface area contributed by atoms with Gasteiger partial charge in [-0.25, -0.2) is 4.39 Å². The van der Waals surface area contributed by atoms with Crippen LogP contribution in [0.25, 0.3) is 0 Å². The number of carbonyl (C=O) groups excluding carboxylic acids is 1. The topological polar surface area (TPSA) is 32.3 Å². The number of carbonyl (C=O) groups is 1. The first-order chi connectivity index (χ1) is 9.47. The van der Waals surface area contributed by atoms with Gasteiger partial charge in [0.15, 0.2) is 0 Å². The third kappa shape index (κ3) is 3.58. The standard InChI is InChI=1S/C14H14BrFN2OS/c1-18(2)12-5-3-9(7-11(12)16)14(19)17-8-10-4-6-13(15)20-10/h3-7H,8H2,1-2H3,(H,17,19). The van der Waals surface area contributed by atoms with Gasteiger partial charge in [-0.05, 0) is 46.3 Å². The van der Waals surface area contributed by atoms with Gasteiger partial charge in [0, 0.05) is 24.5 Å². The molecule has 0 radical (unpaired) electrons. The van der Waals surface area contributed by atoms with Crippen molar-refractivity contribution in [1.82, 2.24) is 5.32 Å². The molecule has 0 saturated carbocycles. The Morgan fingerprint density at radius 2 is 2.10 bits per heavy atom. The molecule has 1 aromatic carbocycles. The van der Waals surface area contributed by atoms with Crippen LogP contribution in [0.1, 0.15) is 15.2 Å². The second-order valence-corrected chi connectivity index (χ2v) is 7.00. The minimum atomic E-state index is -0.401. The van der Waals surface area contributed by atoms with E-state index in [1.54, 1.807) is 42.5 Å². The van der Waals surface area contributed by atoms with E-state index in [0.29, 0.717) is 17.8 Å². The van der Waals surface area contributed by atoms with Crippen LogP contribution in [0, 0.1) is 5.82 Å². The molecular weight excluding hydrogens is 343 g/mol. The van der Waals surface area contributed by atoms with Gasteiger partial charge in [0.05, 0.1) is 16.0 Å². The van der Waals surface area contributed by atoms with Crippen molar-refractivity contribution < 1.29 is 9.18 Å². The number of hydrogen-bond acceptors (Lipinski definition) is 3. The van der Waals surface area contributed by atoms with Crippen molar-refractivity contribution in [3.8, 4) is 0 Å². The molecule has 0 saturated heterocycles. The highest BCUT2D eigenvalue weighted by Crippen LogP contribution is 2.22. The molecule has 1 aromatic heterocycles. The SMILES string of the molecule is CN(C)c1ccc(C(=O)NCc2ccc(Br)s2)cc1F. The predicted molar refractivity (Wildman–Crippen MR) is 83.9 cm³/mol. The summed E-state index contributed by atoms with van der Waals surface area (Å²) < 4.78 is 14.8. The van der Waals surface area contributed by atoms with Crippen molar-refractivity contribution in [2.75, 3.05) is 19.0 Å². The largest absolute Gasteiger partial charge is 0.375 e. The second kappa shape index (κ2) is 6.37. The first-order valence-corrected chi connectivity index (χ1v) is 7.57. The van der Waals surface area contributed by atoms with Gasteiger partial charge in [0.25, 0.3) is 5.91 Å². The fourth-order valence-electron chi connectivity index (χ4n) is 1.73. The zero-order valence-electron chi connectivity index (χ0n) is 11.1. The van der Waals surface area contributed by atoms with Crippen molar-refractivity contribution in [2.24, 2.45) is 0 Å². The van der Waals surface area contributed by atoms with E-state index in [1.165, 1.54) is 6.07 Å². The van der Waals surface area contributed by atoms with Crippen molar-refractivity contribution in [3.05, 3.63) is 50.4 Å². The Bertz CT molecular complexity index is 627. The summed E-state index contributed by atoms with van der Waals surface area (Å²) in [7, 11) is 3.51. The van der Waals surface area contributed by atoms with Crippen LogP contribution in [0.4, 0.5) is 10.1 Å². The van der Waals surface area contributed by atoms with Crippen molar-refractivity contribution in [1.29, 1.82) is 0 Å². The van der Waals surface area contributed by atoms with E-state index >= 15 is 0 Å². The lowest BCUT2D eigenvalue weighted by atomic mass is 10.1. The van der Waals surface area contributed by atoms with Gasteiger partial charge in [0.2, 0.25) is 0 Å². The van der Waals surface area contributed by atoms with Crippen molar-refractivity contribution in [2.45, 2.75) is 6.54 Å². The molecule has 0 unspecified atom stereocenters. The highest BCUT2D eigenvalue weighted by atomic mass is 79.9. The van der Waals surface area contributed by atoms with Crippen LogP contribution in [-0.2, 0) is 6.54 Å². The first-order valence-electron chi connectivity index (χ1n) is 5.96. The minimum Gasteiger partial charge on any atom is -0.375 e. The van der Waals surface area contributed by atoms with Gasteiger partial charge in [-0.2, -0.15) is 0 Å². The smallest absolute Gasteiger partial charge is 0.251 e. The Labute approximate surface area is 129 Å².